The molecule has 1 aliphatic carbocycles. The lowest BCUT2D eigenvalue weighted by atomic mass is 9.67. The van der Waals surface area contributed by atoms with Gasteiger partial charge in [0.1, 0.15) is 0 Å². The molecule has 0 saturated heterocycles. The molecule has 0 unspecified atom stereocenters. The van der Waals surface area contributed by atoms with E-state index in [0.29, 0.717) is 17.5 Å². The second-order valence-corrected chi connectivity index (χ2v) is 16.9. The summed E-state index contributed by atoms with van der Waals surface area (Å²) in [6.45, 7) is 0. The molecule has 2 aromatic heterocycles. The largest absolute Gasteiger partial charge is 0.208 e. The molecule has 9 aromatic carbocycles. The molecule has 0 atom stereocenters. The Labute approximate surface area is 364 Å². The average molecular weight is 808 g/mol. The number of nitrogens with zero attached hydrogens (tertiary/aromatic N) is 3. The minimum Gasteiger partial charge on any atom is -0.208 e. The van der Waals surface area contributed by atoms with Gasteiger partial charge in [0.2, 0.25) is 0 Å². The predicted octanol–water partition coefficient (Wildman–Crippen LogP) is 14.9. The highest BCUT2D eigenvalue weighted by molar-refractivity contribution is 7.26. The number of hydrogen-bond acceptors (Lipinski definition) is 4. The highest BCUT2D eigenvalue weighted by Gasteiger charge is 2.46. The number of aromatic nitrogens is 3. The van der Waals surface area contributed by atoms with Crippen LogP contribution in [0.3, 0.4) is 0 Å². The van der Waals surface area contributed by atoms with E-state index in [4.69, 9.17) is 15.0 Å². The number of thiophene rings is 1. The lowest BCUT2D eigenvalue weighted by Crippen LogP contribution is -2.28. The summed E-state index contributed by atoms with van der Waals surface area (Å²) in [6.07, 6.45) is 0. The van der Waals surface area contributed by atoms with Gasteiger partial charge < -0.3 is 0 Å². The molecular weight excluding hydrogens is 771 g/mol. The normalized spacial score (nSPS) is 12.6. The molecular formula is C58H37N3S. The van der Waals surface area contributed by atoms with Crippen molar-refractivity contribution in [1.29, 1.82) is 0 Å². The minimum absolute atomic E-state index is 0.487. The maximum atomic E-state index is 5.32. The van der Waals surface area contributed by atoms with Gasteiger partial charge in [0.25, 0.3) is 0 Å². The van der Waals surface area contributed by atoms with Crippen LogP contribution in [0.1, 0.15) is 22.3 Å². The van der Waals surface area contributed by atoms with Crippen LogP contribution in [0.2, 0.25) is 0 Å². The quantitative estimate of drug-likeness (QED) is 0.161. The Hall–Kier alpha value is -7.79. The van der Waals surface area contributed by atoms with Crippen LogP contribution in [0.5, 0.6) is 0 Å². The first-order valence-electron chi connectivity index (χ1n) is 21.0. The molecule has 0 radical (unpaired) electrons. The fourth-order valence-electron chi connectivity index (χ4n) is 9.66. The van der Waals surface area contributed by atoms with Gasteiger partial charge in [-0.1, -0.05) is 212 Å². The summed E-state index contributed by atoms with van der Waals surface area (Å²) in [5, 5.41) is 2.59. The highest BCUT2D eigenvalue weighted by atomic mass is 32.1. The maximum absolute atomic E-state index is 5.32. The van der Waals surface area contributed by atoms with E-state index < -0.39 is 5.41 Å². The van der Waals surface area contributed by atoms with Crippen LogP contribution < -0.4 is 0 Å². The van der Waals surface area contributed by atoms with Gasteiger partial charge in [-0.25, -0.2) is 15.0 Å². The van der Waals surface area contributed by atoms with Crippen LogP contribution in [-0.2, 0) is 5.41 Å². The van der Waals surface area contributed by atoms with Crippen molar-refractivity contribution in [2.24, 2.45) is 0 Å². The Morgan fingerprint density at radius 1 is 0.306 bits per heavy atom. The average Bonchev–Trinajstić information content (AvgIpc) is 3.89. The van der Waals surface area contributed by atoms with Gasteiger partial charge in [0.15, 0.2) is 17.5 Å². The van der Waals surface area contributed by atoms with Crippen molar-refractivity contribution in [3.8, 4) is 67.5 Å². The Morgan fingerprint density at radius 3 is 1.55 bits per heavy atom. The Balaban J connectivity index is 1.04. The third-order valence-corrected chi connectivity index (χ3v) is 13.7. The van der Waals surface area contributed by atoms with E-state index in [-0.39, 0.29) is 0 Å². The third kappa shape index (κ3) is 5.76. The lowest BCUT2D eigenvalue weighted by molar-refractivity contribution is 0.768. The summed E-state index contributed by atoms with van der Waals surface area (Å²) >= 11 is 1.85. The first-order valence-corrected chi connectivity index (χ1v) is 21.8. The number of fused-ring (bicyclic) bond motifs is 6. The van der Waals surface area contributed by atoms with Crippen LogP contribution in [0.15, 0.2) is 224 Å². The molecule has 0 spiro atoms. The summed E-state index contributed by atoms with van der Waals surface area (Å²) in [5.41, 5.74) is 14.3. The summed E-state index contributed by atoms with van der Waals surface area (Å²) in [5.74, 6) is 1.89. The van der Waals surface area contributed by atoms with Crippen LogP contribution in [0.4, 0.5) is 0 Å². The Morgan fingerprint density at radius 2 is 0.806 bits per heavy atom. The van der Waals surface area contributed by atoms with Crippen molar-refractivity contribution >= 4 is 31.5 Å². The molecule has 0 N–H and O–H groups in total. The molecule has 0 amide bonds. The van der Waals surface area contributed by atoms with E-state index in [1.807, 2.05) is 17.4 Å². The first-order chi connectivity index (χ1) is 30.7. The van der Waals surface area contributed by atoms with E-state index in [1.165, 1.54) is 59.1 Å². The number of rotatable bonds is 7. The predicted molar refractivity (Wildman–Crippen MR) is 257 cm³/mol. The van der Waals surface area contributed by atoms with Gasteiger partial charge in [-0.05, 0) is 67.8 Å². The zero-order chi connectivity index (χ0) is 41.0. The fourth-order valence-corrected chi connectivity index (χ4v) is 10.9. The molecule has 4 heteroatoms. The molecule has 1 aliphatic rings. The molecule has 12 rings (SSSR count). The summed E-state index contributed by atoms with van der Waals surface area (Å²) in [7, 11) is 0. The van der Waals surface area contributed by atoms with Gasteiger partial charge in [-0.3, -0.25) is 0 Å². The summed E-state index contributed by atoms with van der Waals surface area (Å²) in [4.78, 5) is 15.9. The van der Waals surface area contributed by atoms with Crippen LogP contribution in [0.25, 0.3) is 87.7 Å². The van der Waals surface area contributed by atoms with Crippen LogP contribution in [0, 0.1) is 0 Å². The van der Waals surface area contributed by atoms with Crippen molar-refractivity contribution in [2.75, 3.05) is 0 Å². The van der Waals surface area contributed by atoms with E-state index in [9.17, 15) is 0 Å². The smallest absolute Gasteiger partial charge is 0.164 e. The maximum Gasteiger partial charge on any atom is 0.164 e. The Kier molecular flexibility index (Phi) is 8.58. The van der Waals surface area contributed by atoms with Crippen molar-refractivity contribution in [3.63, 3.8) is 0 Å². The number of benzene rings is 9. The topological polar surface area (TPSA) is 38.7 Å². The van der Waals surface area contributed by atoms with Crippen LogP contribution >= 0.6 is 11.3 Å². The minimum atomic E-state index is -0.487. The van der Waals surface area contributed by atoms with Crippen molar-refractivity contribution < 1.29 is 0 Å². The molecule has 290 valence electrons. The zero-order valence-corrected chi connectivity index (χ0v) is 34.4. The van der Waals surface area contributed by atoms with Gasteiger partial charge in [-0.15, -0.1) is 11.3 Å². The van der Waals surface area contributed by atoms with E-state index >= 15 is 0 Å². The number of hydrogen-bond donors (Lipinski definition) is 0. The molecule has 3 nitrogen and oxygen atoms in total. The Bertz CT molecular complexity index is 3410. The van der Waals surface area contributed by atoms with Crippen molar-refractivity contribution in [2.45, 2.75) is 5.41 Å². The summed E-state index contributed by atoms with van der Waals surface area (Å²) in [6, 6.07) is 80.3. The van der Waals surface area contributed by atoms with Crippen molar-refractivity contribution in [1.82, 2.24) is 15.0 Å². The van der Waals surface area contributed by atoms with Crippen molar-refractivity contribution in [3.05, 3.63) is 247 Å². The second kappa shape index (κ2) is 14.7. The van der Waals surface area contributed by atoms with E-state index in [2.05, 4.69) is 218 Å². The molecule has 0 fully saturated rings. The SMILES string of the molecule is c1ccc(-c2ccccc2-c2nc(-c3ccc(-c4cccc5c4sc4ccccc45)cc3)nc(-c3ccc4c(c3)-c3ccccc3C4(c3ccccc3)c3ccccc3)n2)cc1. The third-order valence-electron chi connectivity index (χ3n) is 12.5. The van der Waals surface area contributed by atoms with E-state index in [0.717, 1.165) is 33.4 Å². The first kappa shape index (κ1) is 36.1. The van der Waals surface area contributed by atoms with Gasteiger partial charge in [0, 0.05) is 36.9 Å². The molecule has 11 aromatic rings. The highest BCUT2D eigenvalue weighted by Crippen LogP contribution is 2.56. The van der Waals surface area contributed by atoms with E-state index in [1.54, 1.807) is 0 Å². The van der Waals surface area contributed by atoms with Gasteiger partial charge in [0.05, 0.1) is 5.41 Å². The molecule has 2 heterocycles. The zero-order valence-electron chi connectivity index (χ0n) is 33.6. The molecule has 0 aliphatic heterocycles. The second-order valence-electron chi connectivity index (χ2n) is 15.9. The van der Waals surface area contributed by atoms with Crippen LogP contribution in [-0.4, -0.2) is 15.0 Å². The van der Waals surface area contributed by atoms with Gasteiger partial charge in [-0.2, -0.15) is 0 Å². The van der Waals surface area contributed by atoms with Gasteiger partial charge >= 0.3 is 0 Å². The summed E-state index contributed by atoms with van der Waals surface area (Å²) < 4.78 is 2.60. The lowest BCUT2D eigenvalue weighted by Gasteiger charge is -2.33. The molecule has 0 bridgehead atoms. The fraction of sp³-hybridized carbons (Fsp3) is 0.0172. The monoisotopic (exact) mass is 807 g/mol. The molecule has 62 heavy (non-hydrogen) atoms. The molecule has 0 saturated carbocycles. The standard InChI is InChI=1S/C58H37N3S/c1-4-17-38(18-5-1)44-23-10-11-26-49(44)57-60-55(40-33-31-39(32-34-40)45-27-16-28-48-47-25-13-15-30-53(47)62-54(45)48)59-56(61-57)41-35-36-52-50(37-41)46-24-12-14-29-51(46)58(52,42-19-6-2-7-20-42)43-21-8-3-9-22-43/h1-37H.